The molecule has 1 N–H and O–H groups in total. The molecule has 2 aliphatic rings. The summed E-state index contributed by atoms with van der Waals surface area (Å²) in [6.45, 7) is 3.62. The second kappa shape index (κ2) is 4.99. The van der Waals surface area contributed by atoms with Gasteiger partial charge in [0, 0.05) is 6.54 Å². The Bertz CT molecular complexity index is 298. The van der Waals surface area contributed by atoms with Crippen LogP contribution in [0.5, 0.6) is 0 Å². The summed E-state index contributed by atoms with van der Waals surface area (Å²) in [6.07, 6.45) is 1.26. The molecule has 0 aliphatic carbocycles. The van der Waals surface area contributed by atoms with Crippen molar-refractivity contribution < 1.29 is 13.2 Å². The summed E-state index contributed by atoms with van der Waals surface area (Å²) in [5, 5.41) is 2.85. The van der Waals surface area contributed by atoms with E-state index in [9.17, 15) is 8.42 Å². The molecule has 4 nitrogen and oxygen atoms in total. The van der Waals surface area contributed by atoms with Crippen molar-refractivity contribution >= 4 is 22.2 Å². The van der Waals surface area contributed by atoms with E-state index in [1.807, 2.05) is 0 Å². The van der Waals surface area contributed by atoms with Gasteiger partial charge < -0.3 is 4.74 Å². The Morgan fingerprint density at radius 1 is 1.40 bits per heavy atom. The number of sulfone groups is 1. The number of hydrogen-bond acceptors (Lipinski definition) is 4. The fraction of sp³-hybridized carbons (Fsp3) is 1.00. The highest BCUT2D eigenvalue weighted by atomic mass is 35.5. The monoisotopic (exact) mass is 255 g/mol. The molecule has 2 saturated heterocycles. The number of halogens is 1. The maximum absolute atomic E-state index is 11.6. The van der Waals surface area contributed by atoms with Crippen LogP contribution in [-0.2, 0) is 14.6 Å². The zero-order valence-corrected chi connectivity index (χ0v) is 10.4. The fourth-order valence-corrected chi connectivity index (χ4v) is 4.05. The van der Waals surface area contributed by atoms with Crippen LogP contribution in [0.1, 0.15) is 19.8 Å². The predicted molar refractivity (Wildman–Crippen MR) is 61.0 cm³/mol. The molecule has 0 spiro atoms. The van der Waals surface area contributed by atoms with Crippen LogP contribution < -0.4 is 5.32 Å². The lowest BCUT2D eigenvalue weighted by Gasteiger charge is -2.31. The van der Waals surface area contributed by atoms with Gasteiger partial charge in [-0.3, -0.25) is 5.32 Å². The van der Waals surface area contributed by atoms with Gasteiger partial charge in [-0.2, -0.15) is 0 Å². The van der Waals surface area contributed by atoms with Crippen LogP contribution in [0, 0.1) is 5.92 Å². The molecular formula is C9H18ClNO3S. The number of nitrogens with one attached hydrogen (secondary N) is 1. The Kier molecular flexibility index (Phi) is 4.40. The van der Waals surface area contributed by atoms with Gasteiger partial charge in [0.15, 0.2) is 9.84 Å². The SMILES string of the molecule is CC1CNC(C2CCCS2(=O)=O)OC1.Cl. The summed E-state index contributed by atoms with van der Waals surface area (Å²) in [6, 6.07) is 0. The Balaban J connectivity index is 0.00000112. The van der Waals surface area contributed by atoms with Gasteiger partial charge in [0.2, 0.25) is 0 Å². The standard InChI is InChI=1S/C9H17NO3S.ClH/c1-7-5-10-9(13-6-7)8-3-2-4-14(8,11)12;/h7-10H,2-6H2,1H3;1H. The molecule has 15 heavy (non-hydrogen) atoms. The Morgan fingerprint density at radius 3 is 2.60 bits per heavy atom. The minimum atomic E-state index is -2.89. The first-order chi connectivity index (χ1) is 6.59. The first-order valence-electron chi connectivity index (χ1n) is 5.16. The lowest BCUT2D eigenvalue weighted by molar-refractivity contribution is -0.0253. The van der Waals surface area contributed by atoms with E-state index in [0.717, 1.165) is 19.4 Å². The van der Waals surface area contributed by atoms with E-state index in [-0.39, 0.29) is 23.9 Å². The van der Waals surface area contributed by atoms with Crippen LogP contribution in [0.15, 0.2) is 0 Å². The third-order valence-electron chi connectivity index (χ3n) is 2.94. The summed E-state index contributed by atoms with van der Waals surface area (Å²) in [7, 11) is -2.89. The summed E-state index contributed by atoms with van der Waals surface area (Å²) in [5.41, 5.74) is 0. The van der Waals surface area contributed by atoms with E-state index in [0.29, 0.717) is 18.3 Å². The van der Waals surface area contributed by atoms with Crippen molar-refractivity contribution in [1.29, 1.82) is 0 Å². The lowest BCUT2D eigenvalue weighted by atomic mass is 10.1. The highest BCUT2D eigenvalue weighted by Gasteiger charge is 2.39. The van der Waals surface area contributed by atoms with Crippen molar-refractivity contribution in [2.24, 2.45) is 5.92 Å². The highest BCUT2D eigenvalue weighted by Crippen LogP contribution is 2.25. The molecule has 3 unspecified atom stereocenters. The Labute approximate surface area is 97.1 Å². The largest absolute Gasteiger partial charge is 0.362 e. The van der Waals surface area contributed by atoms with E-state index in [2.05, 4.69) is 12.2 Å². The molecule has 0 saturated carbocycles. The first kappa shape index (κ1) is 13.2. The average molecular weight is 256 g/mol. The summed E-state index contributed by atoms with van der Waals surface area (Å²) < 4.78 is 28.8. The quantitative estimate of drug-likeness (QED) is 0.744. The van der Waals surface area contributed by atoms with Crippen molar-refractivity contribution in [3.8, 4) is 0 Å². The van der Waals surface area contributed by atoms with Gasteiger partial charge in [0.1, 0.15) is 11.5 Å². The molecule has 0 aromatic carbocycles. The maximum atomic E-state index is 11.6. The van der Waals surface area contributed by atoms with Crippen LogP contribution in [-0.4, -0.2) is 38.8 Å². The van der Waals surface area contributed by atoms with Crippen LogP contribution in [0.25, 0.3) is 0 Å². The highest BCUT2D eigenvalue weighted by molar-refractivity contribution is 7.92. The molecule has 0 bridgehead atoms. The summed E-state index contributed by atoms with van der Waals surface area (Å²) >= 11 is 0. The third kappa shape index (κ3) is 2.84. The van der Waals surface area contributed by atoms with Gasteiger partial charge >= 0.3 is 0 Å². The van der Waals surface area contributed by atoms with Crippen molar-refractivity contribution in [3.05, 3.63) is 0 Å². The zero-order valence-electron chi connectivity index (χ0n) is 8.81. The predicted octanol–water partition coefficient (Wildman–Crippen LogP) is 0.567. The van der Waals surface area contributed by atoms with E-state index in [1.54, 1.807) is 0 Å². The Morgan fingerprint density at radius 2 is 2.13 bits per heavy atom. The van der Waals surface area contributed by atoms with Crippen LogP contribution in [0.2, 0.25) is 0 Å². The van der Waals surface area contributed by atoms with Gasteiger partial charge in [-0.1, -0.05) is 6.92 Å². The van der Waals surface area contributed by atoms with Gasteiger partial charge in [0.05, 0.1) is 12.4 Å². The average Bonchev–Trinajstić information content (AvgIpc) is 2.47. The van der Waals surface area contributed by atoms with Gasteiger partial charge in [-0.05, 0) is 18.8 Å². The smallest absolute Gasteiger partial charge is 0.157 e. The summed E-state index contributed by atoms with van der Waals surface area (Å²) in [4.78, 5) is 0. The number of ether oxygens (including phenoxy) is 1. The second-order valence-corrected chi connectivity index (χ2v) is 6.65. The lowest BCUT2D eigenvalue weighted by Crippen LogP contribution is -2.50. The third-order valence-corrected chi connectivity index (χ3v) is 5.21. The van der Waals surface area contributed by atoms with E-state index in [1.165, 1.54) is 0 Å². The fourth-order valence-electron chi connectivity index (χ4n) is 2.10. The topological polar surface area (TPSA) is 55.4 Å². The van der Waals surface area contributed by atoms with Crippen LogP contribution >= 0.6 is 12.4 Å². The molecule has 2 rings (SSSR count). The van der Waals surface area contributed by atoms with Crippen molar-refractivity contribution in [2.75, 3.05) is 18.9 Å². The second-order valence-electron chi connectivity index (χ2n) is 4.32. The van der Waals surface area contributed by atoms with Gasteiger partial charge in [-0.15, -0.1) is 12.4 Å². The normalized spacial score (nSPS) is 39.7. The maximum Gasteiger partial charge on any atom is 0.157 e. The van der Waals surface area contributed by atoms with Gasteiger partial charge in [-0.25, -0.2) is 8.42 Å². The molecule has 2 fully saturated rings. The minimum absolute atomic E-state index is 0. The van der Waals surface area contributed by atoms with Crippen molar-refractivity contribution in [1.82, 2.24) is 5.32 Å². The molecule has 2 heterocycles. The van der Waals surface area contributed by atoms with Crippen molar-refractivity contribution in [3.63, 3.8) is 0 Å². The van der Waals surface area contributed by atoms with E-state index < -0.39 is 9.84 Å². The van der Waals surface area contributed by atoms with Crippen LogP contribution in [0.3, 0.4) is 0 Å². The molecule has 0 aromatic rings. The molecule has 0 aromatic heterocycles. The molecule has 6 heteroatoms. The Hall–Kier alpha value is 0.160. The molecule has 90 valence electrons. The minimum Gasteiger partial charge on any atom is -0.362 e. The number of rotatable bonds is 1. The van der Waals surface area contributed by atoms with Gasteiger partial charge in [0.25, 0.3) is 0 Å². The number of hydrogen-bond donors (Lipinski definition) is 1. The van der Waals surface area contributed by atoms with E-state index >= 15 is 0 Å². The molecular weight excluding hydrogens is 238 g/mol. The molecule has 0 amide bonds. The molecule has 2 aliphatic heterocycles. The molecule has 0 radical (unpaired) electrons. The zero-order chi connectivity index (χ0) is 10.2. The molecule has 3 atom stereocenters. The first-order valence-corrected chi connectivity index (χ1v) is 6.88. The van der Waals surface area contributed by atoms with E-state index in [4.69, 9.17) is 4.74 Å². The summed E-state index contributed by atoms with van der Waals surface area (Å²) in [5.74, 6) is 0.810. The van der Waals surface area contributed by atoms with Crippen molar-refractivity contribution in [2.45, 2.75) is 31.2 Å². The van der Waals surface area contributed by atoms with Crippen LogP contribution in [0.4, 0.5) is 0 Å².